The smallest absolute Gasteiger partial charge is 0.346 e. The highest BCUT2D eigenvalue weighted by Crippen LogP contribution is 2.26. The molecule has 0 amide bonds. The Morgan fingerprint density at radius 2 is 1.94 bits per heavy atom. The lowest BCUT2D eigenvalue weighted by molar-refractivity contribution is -0.147. The summed E-state index contributed by atoms with van der Waals surface area (Å²) in [7, 11) is 2.68. The lowest BCUT2D eigenvalue weighted by Crippen LogP contribution is -2.25. The van der Waals surface area contributed by atoms with Gasteiger partial charge in [0.15, 0.2) is 6.10 Å². The van der Waals surface area contributed by atoms with Crippen LogP contribution >= 0.6 is 0 Å². The summed E-state index contributed by atoms with van der Waals surface area (Å²) in [6, 6.07) is 4.25. The molecule has 0 aliphatic heterocycles. The number of carboxylic acids is 1. The molecule has 6 heteroatoms. The van der Waals surface area contributed by atoms with Gasteiger partial charge in [0.2, 0.25) is 0 Å². The number of carbonyl (C=O) groups excluding carboxylic acids is 1. The van der Waals surface area contributed by atoms with Gasteiger partial charge in [-0.1, -0.05) is 0 Å². The third kappa shape index (κ3) is 3.13. The fraction of sp³-hybridized carbons (Fsp3) is 0.333. The van der Waals surface area contributed by atoms with Crippen LogP contribution in [-0.2, 0) is 9.53 Å². The second-order valence-electron chi connectivity index (χ2n) is 3.45. The van der Waals surface area contributed by atoms with E-state index >= 15 is 0 Å². The number of esters is 1. The molecule has 1 atom stereocenters. The van der Waals surface area contributed by atoms with Gasteiger partial charge in [-0.3, -0.25) is 0 Å². The first-order valence-corrected chi connectivity index (χ1v) is 5.15. The average molecular weight is 254 g/mol. The van der Waals surface area contributed by atoms with E-state index in [-0.39, 0.29) is 11.3 Å². The molecule has 0 spiro atoms. The topological polar surface area (TPSA) is 82.1 Å². The summed E-state index contributed by atoms with van der Waals surface area (Å²) in [6.07, 6.45) is -0.903. The number of rotatable bonds is 5. The molecule has 6 nitrogen and oxygen atoms in total. The first-order chi connectivity index (χ1) is 8.49. The van der Waals surface area contributed by atoms with E-state index in [1.807, 2.05) is 0 Å². The molecule has 0 bridgehead atoms. The maximum atomic E-state index is 11.2. The summed E-state index contributed by atoms with van der Waals surface area (Å²) >= 11 is 0. The van der Waals surface area contributed by atoms with Crippen LogP contribution in [0.1, 0.15) is 17.3 Å². The average Bonchev–Trinajstić information content (AvgIpc) is 2.37. The molecule has 0 radical (unpaired) electrons. The third-order valence-corrected chi connectivity index (χ3v) is 2.26. The minimum absolute atomic E-state index is 0.0495. The van der Waals surface area contributed by atoms with Gasteiger partial charge in [-0.2, -0.15) is 0 Å². The summed E-state index contributed by atoms with van der Waals surface area (Å²) in [4.78, 5) is 22.2. The van der Waals surface area contributed by atoms with Crippen LogP contribution in [0.25, 0.3) is 0 Å². The molecule has 1 rings (SSSR count). The fourth-order valence-electron chi connectivity index (χ4n) is 1.31. The lowest BCUT2D eigenvalue weighted by Gasteiger charge is -2.15. The van der Waals surface area contributed by atoms with Crippen molar-refractivity contribution in [2.45, 2.75) is 13.0 Å². The highest BCUT2D eigenvalue weighted by atomic mass is 16.6. The Labute approximate surface area is 104 Å². The molecule has 1 N–H and O–H groups in total. The van der Waals surface area contributed by atoms with E-state index in [0.29, 0.717) is 5.75 Å². The molecule has 0 aromatic heterocycles. The van der Waals surface area contributed by atoms with Gasteiger partial charge in [0.1, 0.15) is 17.1 Å². The van der Waals surface area contributed by atoms with Crippen LogP contribution < -0.4 is 9.47 Å². The Kier molecular flexibility index (Phi) is 4.53. The number of hydrogen-bond acceptors (Lipinski definition) is 5. The number of aromatic carboxylic acids is 1. The highest BCUT2D eigenvalue weighted by molar-refractivity contribution is 5.91. The molecule has 98 valence electrons. The van der Waals surface area contributed by atoms with Crippen LogP contribution in [0, 0.1) is 0 Å². The van der Waals surface area contributed by atoms with Crippen molar-refractivity contribution in [1.29, 1.82) is 0 Å². The second-order valence-corrected chi connectivity index (χ2v) is 3.45. The van der Waals surface area contributed by atoms with E-state index in [1.54, 1.807) is 0 Å². The van der Waals surface area contributed by atoms with Crippen molar-refractivity contribution in [3.05, 3.63) is 23.8 Å². The second kappa shape index (κ2) is 5.90. The first kappa shape index (κ1) is 13.8. The van der Waals surface area contributed by atoms with Gasteiger partial charge in [-0.15, -0.1) is 0 Å². The minimum atomic E-state index is -1.15. The molecular weight excluding hydrogens is 240 g/mol. The van der Waals surface area contributed by atoms with E-state index in [2.05, 4.69) is 4.74 Å². The van der Waals surface area contributed by atoms with Gasteiger partial charge >= 0.3 is 11.9 Å². The van der Waals surface area contributed by atoms with E-state index in [4.69, 9.17) is 14.6 Å². The third-order valence-electron chi connectivity index (χ3n) is 2.26. The summed E-state index contributed by atoms with van der Waals surface area (Å²) in [6.45, 7) is 1.47. The van der Waals surface area contributed by atoms with Crippen LogP contribution in [0.15, 0.2) is 18.2 Å². The molecule has 0 saturated heterocycles. The fourth-order valence-corrected chi connectivity index (χ4v) is 1.31. The molecule has 1 aromatic rings. The zero-order valence-electron chi connectivity index (χ0n) is 10.3. The van der Waals surface area contributed by atoms with Gasteiger partial charge in [0.05, 0.1) is 14.2 Å². The molecule has 1 aromatic carbocycles. The number of carboxylic acid groups (broad SMARTS) is 1. The predicted octanol–water partition coefficient (Wildman–Crippen LogP) is 1.33. The molecule has 0 aliphatic carbocycles. The maximum absolute atomic E-state index is 11.2. The quantitative estimate of drug-likeness (QED) is 0.798. The molecular formula is C12H14O6. The standard InChI is InChI=1S/C12H14O6/c1-7(12(15)17-3)18-10-6-8(16-2)4-5-9(10)11(13)14/h4-7H,1-3H3,(H,13,14). The normalized spacial score (nSPS) is 11.5. The van der Waals surface area contributed by atoms with E-state index < -0.39 is 18.0 Å². The first-order valence-electron chi connectivity index (χ1n) is 5.15. The van der Waals surface area contributed by atoms with Crippen molar-refractivity contribution >= 4 is 11.9 Å². The van der Waals surface area contributed by atoms with Gasteiger partial charge in [0.25, 0.3) is 0 Å². The van der Waals surface area contributed by atoms with Crippen LogP contribution in [-0.4, -0.2) is 37.4 Å². The Balaban J connectivity index is 3.04. The summed E-state index contributed by atoms with van der Waals surface area (Å²) in [5, 5.41) is 9.00. The summed E-state index contributed by atoms with van der Waals surface area (Å²) in [5.74, 6) is -1.24. The van der Waals surface area contributed by atoms with Crippen LogP contribution in [0.5, 0.6) is 11.5 Å². The Hall–Kier alpha value is -2.24. The van der Waals surface area contributed by atoms with E-state index in [9.17, 15) is 9.59 Å². The van der Waals surface area contributed by atoms with E-state index in [0.717, 1.165) is 0 Å². The molecule has 0 heterocycles. The van der Waals surface area contributed by atoms with Gasteiger partial charge in [-0.05, 0) is 19.1 Å². The van der Waals surface area contributed by atoms with Crippen molar-refractivity contribution in [3.8, 4) is 11.5 Å². The van der Waals surface area contributed by atoms with Crippen LogP contribution in [0.4, 0.5) is 0 Å². The Morgan fingerprint density at radius 1 is 1.28 bits per heavy atom. The monoisotopic (exact) mass is 254 g/mol. The van der Waals surface area contributed by atoms with Crippen molar-refractivity contribution in [3.63, 3.8) is 0 Å². The van der Waals surface area contributed by atoms with Gasteiger partial charge in [0, 0.05) is 6.07 Å². The summed E-state index contributed by atoms with van der Waals surface area (Å²) in [5.41, 5.74) is -0.0495. The molecule has 0 fully saturated rings. The van der Waals surface area contributed by atoms with Crippen LogP contribution in [0.2, 0.25) is 0 Å². The van der Waals surface area contributed by atoms with Crippen molar-refractivity contribution in [2.24, 2.45) is 0 Å². The number of benzene rings is 1. The van der Waals surface area contributed by atoms with Gasteiger partial charge < -0.3 is 19.3 Å². The number of methoxy groups -OCH3 is 2. The van der Waals surface area contributed by atoms with Crippen LogP contribution in [0.3, 0.4) is 0 Å². The number of hydrogen-bond donors (Lipinski definition) is 1. The number of carbonyl (C=O) groups is 2. The maximum Gasteiger partial charge on any atom is 0.346 e. The van der Waals surface area contributed by atoms with Crippen molar-refractivity contribution in [1.82, 2.24) is 0 Å². The molecule has 0 saturated carbocycles. The van der Waals surface area contributed by atoms with Crippen molar-refractivity contribution < 1.29 is 28.9 Å². The van der Waals surface area contributed by atoms with E-state index in [1.165, 1.54) is 39.3 Å². The zero-order chi connectivity index (χ0) is 13.7. The Morgan fingerprint density at radius 3 is 2.44 bits per heavy atom. The summed E-state index contributed by atoms with van der Waals surface area (Å²) < 4.78 is 14.7. The minimum Gasteiger partial charge on any atom is -0.497 e. The lowest BCUT2D eigenvalue weighted by atomic mass is 10.2. The largest absolute Gasteiger partial charge is 0.497 e. The van der Waals surface area contributed by atoms with Gasteiger partial charge in [-0.25, -0.2) is 9.59 Å². The SMILES string of the molecule is COC(=O)C(C)Oc1cc(OC)ccc1C(=O)O. The van der Waals surface area contributed by atoms with Crippen molar-refractivity contribution in [2.75, 3.05) is 14.2 Å². The molecule has 0 aliphatic rings. The molecule has 18 heavy (non-hydrogen) atoms. The predicted molar refractivity (Wildman–Crippen MR) is 62.1 cm³/mol. The Bertz CT molecular complexity index is 454. The highest BCUT2D eigenvalue weighted by Gasteiger charge is 2.19. The zero-order valence-corrected chi connectivity index (χ0v) is 10.3. The molecule has 1 unspecified atom stereocenters. The number of ether oxygens (including phenoxy) is 3.